The van der Waals surface area contributed by atoms with Crippen molar-refractivity contribution in [1.29, 1.82) is 0 Å². The Balaban J connectivity index is 2.22. The number of carbonyl (C=O) groups is 2. The first-order valence-corrected chi connectivity index (χ1v) is 6.86. The van der Waals surface area contributed by atoms with E-state index >= 15 is 0 Å². The molecule has 19 heavy (non-hydrogen) atoms. The quantitative estimate of drug-likeness (QED) is 0.921. The Bertz CT molecular complexity index is 508. The van der Waals surface area contributed by atoms with Gasteiger partial charge >= 0.3 is 5.97 Å². The van der Waals surface area contributed by atoms with Crippen LogP contribution in [0.15, 0.2) is 24.3 Å². The number of carbonyl (C=O) groups excluding carboxylic acids is 1. The number of benzene rings is 1. The van der Waals surface area contributed by atoms with Crippen molar-refractivity contribution in [3.05, 3.63) is 35.6 Å². The molecule has 1 aliphatic rings. The summed E-state index contributed by atoms with van der Waals surface area (Å²) in [6.45, 7) is 1.92. The van der Waals surface area contributed by atoms with Gasteiger partial charge in [-0.15, -0.1) is 11.8 Å². The smallest absolute Gasteiger partial charge is 0.305 e. The molecule has 0 radical (unpaired) electrons. The van der Waals surface area contributed by atoms with Crippen LogP contribution in [0.1, 0.15) is 24.3 Å². The number of carboxylic acid groups (broad SMARTS) is 1. The van der Waals surface area contributed by atoms with Gasteiger partial charge in [0.25, 0.3) is 0 Å². The van der Waals surface area contributed by atoms with Crippen molar-refractivity contribution in [1.82, 2.24) is 4.90 Å². The number of rotatable bonds is 4. The fourth-order valence-electron chi connectivity index (χ4n) is 2.04. The predicted octanol–water partition coefficient (Wildman–Crippen LogP) is 2.26. The van der Waals surface area contributed by atoms with Gasteiger partial charge in [-0.1, -0.05) is 12.1 Å². The summed E-state index contributed by atoms with van der Waals surface area (Å²) in [6.07, 6.45) is -0.106. The molecule has 4 nitrogen and oxygen atoms in total. The molecule has 0 bridgehead atoms. The van der Waals surface area contributed by atoms with Crippen molar-refractivity contribution in [2.24, 2.45) is 0 Å². The van der Waals surface area contributed by atoms with Crippen LogP contribution < -0.4 is 0 Å². The first kappa shape index (κ1) is 13.9. The Morgan fingerprint density at radius 1 is 1.53 bits per heavy atom. The predicted molar refractivity (Wildman–Crippen MR) is 70.2 cm³/mol. The maximum atomic E-state index is 13.2. The Morgan fingerprint density at radius 3 is 2.89 bits per heavy atom. The second-order valence-corrected chi connectivity index (χ2v) is 5.79. The summed E-state index contributed by atoms with van der Waals surface area (Å²) in [4.78, 5) is 24.2. The molecule has 2 rings (SSSR count). The highest BCUT2D eigenvalue weighted by Gasteiger charge is 2.38. The highest BCUT2D eigenvalue weighted by molar-refractivity contribution is 8.01. The zero-order chi connectivity index (χ0) is 14.0. The monoisotopic (exact) mass is 283 g/mol. The normalized spacial score (nSPS) is 22.8. The largest absolute Gasteiger partial charge is 0.481 e. The van der Waals surface area contributed by atoms with Crippen LogP contribution in [0.4, 0.5) is 4.39 Å². The van der Waals surface area contributed by atoms with Crippen molar-refractivity contribution >= 4 is 23.6 Å². The molecule has 0 saturated carbocycles. The molecule has 1 heterocycles. The number of aliphatic carboxylic acids is 1. The van der Waals surface area contributed by atoms with Crippen molar-refractivity contribution in [3.8, 4) is 0 Å². The lowest BCUT2D eigenvalue weighted by Crippen LogP contribution is -2.32. The summed E-state index contributed by atoms with van der Waals surface area (Å²) in [5.41, 5.74) is 0.688. The first-order valence-electron chi connectivity index (χ1n) is 5.92. The molecule has 0 aromatic heterocycles. The van der Waals surface area contributed by atoms with Gasteiger partial charge in [-0.3, -0.25) is 9.59 Å². The topological polar surface area (TPSA) is 57.6 Å². The minimum atomic E-state index is -0.949. The van der Waals surface area contributed by atoms with Crippen molar-refractivity contribution in [2.75, 3.05) is 6.54 Å². The van der Waals surface area contributed by atoms with E-state index in [1.54, 1.807) is 19.1 Å². The van der Waals surface area contributed by atoms with Gasteiger partial charge in [0.2, 0.25) is 5.91 Å². The minimum absolute atomic E-state index is 0.0967. The van der Waals surface area contributed by atoms with Gasteiger partial charge in [0.15, 0.2) is 0 Å². The second-order valence-electron chi connectivity index (χ2n) is 4.36. The summed E-state index contributed by atoms with van der Waals surface area (Å²) in [5, 5.41) is 8.18. The molecule has 1 aromatic rings. The number of thioether (sulfide) groups is 1. The SMILES string of the molecule is C[C@@H]1S[C@@H](c2cccc(F)c2)N(CCC(=O)O)C1=O. The van der Waals surface area contributed by atoms with Gasteiger partial charge in [-0.2, -0.15) is 0 Å². The lowest BCUT2D eigenvalue weighted by atomic mass is 10.2. The van der Waals surface area contributed by atoms with E-state index in [4.69, 9.17) is 5.11 Å². The maximum absolute atomic E-state index is 13.2. The van der Waals surface area contributed by atoms with Crippen LogP contribution in [0, 0.1) is 5.82 Å². The highest BCUT2D eigenvalue weighted by Crippen LogP contribution is 2.42. The van der Waals surface area contributed by atoms with Gasteiger partial charge < -0.3 is 10.0 Å². The number of amides is 1. The van der Waals surface area contributed by atoms with E-state index in [0.29, 0.717) is 5.56 Å². The molecule has 1 N–H and O–H groups in total. The van der Waals surface area contributed by atoms with Crippen LogP contribution in [0.3, 0.4) is 0 Å². The van der Waals surface area contributed by atoms with Crippen LogP contribution in [-0.2, 0) is 9.59 Å². The molecule has 6 heteroatoms. The Morgan fingerprint density at radius 2 is 2.26 bits per heavy atom. The van der Waals surface area contributed by atoms with E-state index in [1.165, 1.54) is 28.8 Å². The molecule has 1 saturated heterocycles. The molecule has 2 atom stereocenters. The van der Waals surface area contributed by atoms with Gasteiger partial charge in [-0.05, 0) is 24.6 Å². The van der Waals surface area contributed by atoms with Crippen molar-refractivity contribution < 1.29 is 19.1 Å². The average Bonchev–Trinajstić information content (AvgIpc) is 2.63. The van der Waals surface area contributed by atoms with Crippen molar-refractivity contribution in [2.45, 2.75) is 24.0 Å². The van der Waals surface area contributed by atoms with E-state index in [0.717, 1.165) is 0 Å². The summed E-state index contributed by atoms with van der Waals surface area (Å²) in [6, 6.07) is 6.07. The third-order valence-corrected chi connectivity index (χ3v) is 4.34. The van der Waals surface area contributed by atoms with E-state index in [2.05, 4.69) is 0 Å². The highest BCUT2D eigenvalue weighted by atomic mass is 32.2. The molecule has 1 aromatic carbocycles. The average molecular weight is 283 g/mol. The summed E-state index contributed by atoms with van der Waals surface area (Å²) >= 11 is 1.41. The summed E-state index contributed by atoms with van der Waals surface area (Å²) < 4.78 is 13.2. The molecule has 0 aliphatic carbocycles. The number of hydrogen-bond acceptors (Lipinski definition) is 3. The van der Waals surface area contributed by atoms with E-state index in [1.807, 2.05) is 0 Å². The molecule has 1 amide bonds. The summed E-state index contributed by atoms with van der Waals surface area (Å²) in [5.74, 6) is -1.40. The molecule has 0 spiro atoms. The lowest BCUT2D eigenvalue weighted by molar-refractivity contribution is -0.138. The molecular weight excluding hydrogens is 269 g/mol. The van der Waals surface area contributed by atoms with Crippen LogP contribution in [0.2, 0.25) is 0 Å². The zero-order valence-corrected chi connectivity index (χ0v) is 11.2. The third-order valence-electron chi connectivity index (χ3n) is 2.95. The maximum Gasteiger partial charge on any atom is 0.305 e. The number of halogens is 1. The third kappa shape index (κ3) is 3.07. The number of nitrogens with zero attached hydrogens (tertiary/aromatic N) is 1. The van der Waals surface area contributed by atoms with Crippen LogP contribution in [-0.4, -0.2) is 33.7 Å². The molecular formula is C13H14FNO3S. The lowest BCUT2D eigenvalue weighted by Gasteiger charge is -2.23. The molecule has 0 unspecified atom stereocenters. The molecule has 102 valence electrons. The first-order chi connectivity index (χ1) is 8.99. The molecule has 1 fully saturated rings. The van der Waals surface area contributed by atoms with Crippen LogP contribution in [0.5, 0.6) is 0 Å². The summed E-state index contributed by atoms with van der Waals surface area (Å²) in [7, 11) is 0. The number of hydrogen-bond donors (Lipinski definition) is 1. The van der Waals surface area contributed by atoms with Crippen molar-refractivity contribution in [3.63, 3.8) is 0 Å². The van der Waals surface area contributed by atoms with E-state index in [-0.39, 0.29) is 35.3 Å². The zero-order valence-electron chi connectivity index (χ0n) is 10.4. The van der Waals surface area contributed by atoms with Crippen LogP contribution >= 0.6 is 11.8 Å². The fraction of sp³-hybridized carbons (Fsp3) is 0.385. The molecule has 1 aliphatic heterocycles. The standard InChI is InChI=1S/C13H14FNO3S/c1-8-12(18)15(6-5-11(16)17)13(19-8)9-3-2-4-10(14)7-9/h2-4,7-8,13H,5-6H2,1H3,(H,16,17)/t8-,13-/m0/s1. The van der Waals surface area contributed by atoms with Gasteiger partial charge in [0.1, 0.15) is 11.2 Å². The van der Waals surface area contributed by atoms with Crippen LogP contribution in [0.25, 0.3) is 0 Å². The Kier molecular flexibility index (Phi) is 4.09. The Labute approximate surface area is 114 Å². The van der Waals surface area contributed by atoms with Gasteiger partial charge in [0, 0.05) is 6.54 Å². The number of carboxylic acids is 1. The van der Waals surface area contributed by atoms with Gasteiger partial charge in [-0.25, -0.2) is 4.39 Å². The second kappa shape index (κ2) is 5.61. The minimum Gasteiger partial charge on any atom is -0.481 e. The van der Waals surface area contributed by atoms with Gasteiger partial charge in [0.05, 0.1) is 11.7 Å². The van der Waals surface area contributed by atoms with E-state index in [9.17, 15) is 14.0 Å². The fourth-order valence-corrected chi connectivity index (χ4v) is 3.33. The van der Waals surface area contributed by atoms with E-state index < -0.39 is 5.97 Å². The Hall–Kier alpha value is -1.56.